The molecule has 1 fully saturated rings. The fraction of sp³-hybridized carbons (Fsp3) is 0.571. The van der Waals surface area contributed by atoms with Crippen LogP contribution in [0.25, 0.3) is 0 Å². The summed E-state index contributed by atoms with van der Waals surface area (Å²) in [5, 5.41) is 15.2. The molecular weight excluding hydrogens is 340 g/mol. The quantitative estimate of drug-likeness (QED) is 0.806. The molecule has 1 saturated heterocycles. The summed E-state index contributed by atoms with van der Waals surface area (Å²) in [6.45, 7) is 8.83. The predicted octanol–water partition coefficient (Wildman–Crippen LogP) is 2.78. The molecule has 146 valence electrons. The van der Waals surface area contributed by atoms with E-state index in [1.165, 1.54) is 0 Å². The van der Waals surface area contributed by atoms with Crippen molar-refractivity contribution in [3.8, 4) is 6.07 Å². The van der Waals surface area contributed by atoms with Crippen molar-refractivity contribution in [1.29, 1.82) is 5.26 Å². The number of benzene rings is 1. The summed E-state index contributed by atoms with van der Waals surface area (Å²) in [6, 6.07) is 11.3. The van der Waals surface area contributed by atoms with Crippen LogP contribution in [0, 0.1) is 23.2 Å². The van der Waals surface area contributed by atoms with E-state index in [2.05, 4.69) is 21.6 Å². The number of para-hydroxylation sites is 1. The number of hydrogen-bond acceptors (Lipinski definition) is 4. The van der Waals surface area contributed by atoms with E-state index in [1.54, 1.807) is 6.92 Å². The van der Waals surface area contributed by atoms with E-state index in [1.807, 2.05) is 51.1 Å². The zero-order valence-electron chi connectivity index (χ0n) is 16.7. The Morgan fingerprint density at radius 2 is 1.78 bits per heavy atom. The molecule has 6 nitrogen and oxygen atoms in total. The zero-order chi connectivity index (χ0) is 20.0. The van der Waals surface area contributed by atoms with Crippen molar-refractivity contribution < 1.29 is 9.59 Å². The Kier molecular flexibility index (Phi) is 6.98. The second-order valence-corrected chi connectivity index (χ2v) is 7.80. The van der Waals surface area contributed by atoms with Crippen LogP contribution in [0.2, 0.25) is 0 Å². The molecule has 0 saturated carbocycles. The summed E-state index contributed by atoms with van der Waals surface area (Å²) in [4.78, 5) is 27.1. The minimum absolute atomic E-state index is 0.0195. The molecule has 6 heteroatoms. The van der Waals surface area contributed by atoms with Gasteiger partial charge in [-0.25, -0.2) is 0 Å². The van der Waals surface area contributed by atoms with Gasteiger partial charge in [0.15, 0.2) is 0 Å². The number of nitrogens with zero attached hydrogens (tertiary/aromatic N) is 2. The molecule has 0 aliphatic carbocycles. The van der Waals surface area contributed by atoms with E-state index in [9.17, 15) is 14.9 Å². The first kappa shape index (κ1) is 20.9. The largest absolute Gasteiger partial charge is 0.336 e. The van der Waals surface area contributed by atoms with Gasteiger partial charge in [0.1, 0.15) is 5.54 Å². The average Bonchev–Trinajstić information content (AvgIpc) is 2.68. The second-order valence-electron chi connectivity index (χ2n) is 7.80. The van der Waals surface area contributed by atoms with Crippen LogP contribution in [0.15, 0.2) is 30.3 Å². The van der Waals surface area contributed by atoms with Crippen molar-refractivity contribution in [3.63, 3.8) is 0 Å². The van der Waals surface area contributed by atoms with Crippen LogP contribution in [-0.4, -0.2) is 41.4 Å². The highest BCUT2D eigenvalue weighted by Gasteiger charge is 2.35. The van der Waals surface area contributed by atoms with Crippen LogP contribution in [0.1, 0.15) is 40.5 Å². The van der Waals surface area contributed by atoms with E-state index in [4.69, 9.17) is 0 Å². The molecule has 0 aromatic heterocycles. The molecule has 1 heterocycles. The van der Waals surface area contributed by atoms with Gasteiger partial charge < -0.3 is 10.6 Å². The SMILES string of the molecule is CC(C(=O)NC(C)(C#N)C(C)C)N1CCC(C(=O)Nc2ccccc2)CC1. The van der Waals surface area contributed by atoms with Crippen molar-refractivity contribution in [2.24, 2.45) is 11.8 Å². The minimum atomic E-state index is -0.876. The van der Waals surface area contributed by atoms with Gasteiger partial charge in [0.05, 0.1) is 12.1 Å². The fourth-order valence-electron chi connectivity index (χ4n) is 3.14. The highest BCUT2D eigenvalue weighted by Crippen LogP contribution is 2.22. The Morgan fingerprint density at radius 1 is 1.19 bits per heavy atom. The third-order valence-corrected chi connectivity index (χ3v) is 5.64. The molecular formula is C21H30N4O2. The molecule has 0 bridgehead atoms. The van der Waals surface area contributed by atoms with Gasteiger partial charge in [-0.3, -0.25) is 14.5 Å². The molecule has 1 aromatic rings. The van der Waals surface area contributed by atoms with Crippen LogP contribution in [0.3, 0.4) is 0 Å². The van der Waals surface area contributed by atoms with Gasteiger partial charge in [-0.05, 0) is 57.8 Å². The highest BCUT2D eigenvalue weighted by atomic mass is 16.2. The number of anilines is 1. The lowest BCUT2D eigenvalue weighted by atomic mass is 9.89. The van der Waals surface area contributed by atoms with E-state index >= 15 is 0 Å². The van der Waals surface area contributed by atoms with E-state index < -0.39 is 5.54 Å². The standard InChI is InChI=1S/C21H30N4O2/c1-15(2)21(4,14-22)24-19(26)16(3)25-12-10-17(11-13-25)20(27)23-18-8-6-5-7-9-18/h5-9,15-17H,10-13H2,1-4H3,(H,23,27)(H,24,26). The Hall–Kier alpha value is -2.39. The summed E-state index contributed by atoms with van der Waals surface area (Å²) in [5.41, 5.74) is -0.0682. The molecule has 1 aromatic carbocycles. The third-order valence-electron chi connectivity index (χ3n) is 5.64. The first-order valence-electron chi connectivity index (χ1n) is 9.60. The van der Waals surface area contributed by atoms with Crippen LogP contribution < -0.4 is 10.6 Å². The number of nitriles is 1. The van der Waals surface area contributed by atoms with Gasteiger partial charge >= 0.3 is 0 Å². The number of carbonyl (C=O) groups is 2. The van der Waals surface area contributed by atoms with Gasteiger partial charge in [-0.1, -0.05) is 32.0 Å². The lowest BCUT2D eigenvalue weighted by Gasteiger charge is -2.36. The number of amides is 2. The summed E-state index contributed by atoms with van der Waals surface area (Å²) in [5.74, 6) is -0.127. The van der Waals surface area contributed by atoms with Gasteiger partial charge in [0.25, 0.3) is 0 Å². The first-order valence-corrected chi connectivity index (χ1v) is 9.60. The zero-order valence-corrected chi connectivity index (χ0v) is 16.7. The maximum absolute atomic E-state index is 12.6. The maximum Gasteiger partial charge on any atom is 0.238 e. The second kappa shape index (κ2) is 9.01. The first-order chi connectivity index (χ1) is 12.8. The van der Waals surface area contributed by atoms with Crippen molar-refractivity contribution in [2.45, 2.75) is 52.1 Å². The summed E-state index contributed by atoms with van der Waals surface area (Å²) in [7, 11) is 0. The number of piperidine rings is 1. The molecule has 2 unspecified atom stereocenters. The number of carbonyl (C=O) groups excluding carboxylic acids is 2. The summed E-state index contributed by atoms with van der Waals surface area (Å²) in [6.07, 6.45) is 1.44. The molecule has 2 rings (SSSR count). The smallest absolute Gasteiger partial charge is 0.238 e. The fourth-order valence-corrected chi connectivity index (χ4v) is 3.14. The molecule has 2 N–H and O–H groups in total. The van der Waals surface area contributed by atoms with Crippen LogP contribution in [0.5, 0.6) is 0 Å². The van der Waals surface area contributed by atoms with Gasteiger partial charge in [-0.15, -0.1) is 0 Å². The predicted molar refractivity (Wildman–Crippen MR) is 106 cm³/mol. The topological polar surface area (TPSA) is 85.2 Å². The normalized spacial score (nSPS) is 19.0. The summed E-state index contributed by atoms with van der Waals surface area (Å²) < 4.78 is 0. The van der Waals surface area contributed by atoms with Crippen LogP contribution >= 0.6 is 0 Å². The number of likely N-dealkylation sites (tertiary alicyclic amines) is 1. The average molecular weight is 370 g/mol. The minimum Gasteiger partial charge on any atom is -0.336 e. The molecule has 1 aliphatic rings. The number of nitrogens with one attached hydrogen (secondary N) is 2. The maximum atomic E-state index is 12.6. The monoisotopic (exact) mass is 370 g/mol. The Labute approximate surface area is 161 Å². The van der Waals surface area contributed by atoms with Crippen molar-refractivity contribution in [3.05, 3.63) is 30.3 Å². The number of hydrogen-bond donors (Lipinski definition) is 2. The van der Waals surface area contributed by atoms with Gasteiger partial charge in [-0.2, -0.15) is 5.26 Å². The van der Waals surface area contributed by atoms with E-state index in [-0.39, 0.29) is 29.7 Å². The van der Waals surface area contributed by atoms with Crippen molar-refractivity contribution in [1.82, 2.24) is 10.2 Å². The lowest BCUT2D eigenvalue weighted by Crippen LogP contribution is -2.56. The van der Waals surface area contributed by atoms with Gasteiger partial charge in [0.2, 0.25) is 11.8 Å². The molecule has 0 spiro atoms. The van der Waals surface area contributed by atoms with E-state index in [0.717, 1.165) is 18.5 Å². The summed E-state index contributed by atoms with van der Waals surface area (Å²) >= 11 is 0. The lowest BCUT2D eigenvalue weighted by molar-refractivity contribution is -0.128. The van der Waals surface area contributed by atoms with Gasteiger partial charge in [0, 0.05) is 11.6 Å². The third kappa shape index (κ3) is 5.30. The van der Waals surface area contributed by atoms with E-state index in [0.29, 0.717) is 13.1 Å². The molecule has 2 amide bonds. The Balaban J connectivity index is 1.86. The van der Waals surface area contributed by atoms with Crippen molar-refractivity contribution >= 4 is 17.5 Å². The number of rotatable bonds is 6. The molecule has 27 heavy (non-hydrogen) atoms. The Morgan fingerprint density at radius 3 is 2.30 bits per heavy atom. The van der Waals surface area contributed by atoms with Crippen LogP contribution in [-0.2, 0) is 9.59 Å². The Bertz CT molecular complexity index is 690. The molecule has 2 atom stereocenters. The van der Waals surface area contributed by atoms with Crippen LogP contribution in [0.4, 0.5) is 5.69 Å². The molecule has 0 radical (unpaired) electrons. The van der Waals surface area contributed by atoms with Crippen molar-refractivity contribution in [2.75, 3.05) is 18.4 Å². The molecule has 1 aliphatic heterocycles. The highest BCUT2D eigenvalue weighted by molar-refractivity contribution is 5.92.